The van der Waals surface area contributed by atoms with Gasteiger partial charge in [-0.15, -0.1) is 0 Å². The van der Waals surface area contributed by atoms with Gasteiger partial charge in [0.15, 0.2) is 0 Å². The van der Waals surface area contributed by atoms with Crippen LogP contribution in [-0.4, -0.2) is 20.8 Å². The Bertz CT molecular complexity index is 180. The van der Waals surface area contributed by atoms with E-state index in [9.17, 15) is 4.57 Å². The lowest BCUT2D eigenvalue weighted by atomic mass is 10.1. The molecule has 0 unspecified atom stereocenters. The molecule has 0 bridgehead atoms. The molecule has 15 heavy (non-hydrogen) atoms. The van der Waals surface area contributed by atoms with Crippen LogP contribution >= 0.6 is 7.75 Å². The summed E-state index contributed by atoms with van der Waals surface area (Å²) in [6, 6.07) is 0. The van der Waals surface area contributed by atoms with Gasteiger partial charge in [0, 0.05) is 20.8 Å². The lowest BCUT2D eigenvalue weighted by molar-refractivity contribution is 0.264. The molecular formula is C10H24NO3P. The number of hydrogen-bond donors (Lipinski definition) is 1. The van der Waals surface area contributed by atoms with Gasteiger partial charge in [-0.05, 0) is 6.42 Å². The maximum Gasteiger partial charge on any atom is 0.404 e. The van der Waals surface area contributed by atoms with Crippen molar-refractivity contribution in [2.75, 3.05) is 20.8 Å². The summed E-state index contributed by atoms with van der Waals surface area (Å²) in [5.74, 6) is 0. The molecule has 0 aromatic heterocycles. The molecule has 0 aliphatic carbocycles. The summed E-state index contributed by atoms with van der Waals surface area (Å²) in [7, 11) is -0.218. The molecule has 0 saturated heterocycles. The molecule has 0 rings (SSSR count). The van der Waals surface area contributed by atoms with Crippen LogP contribution in [0.3, 0.4) is 0 Å². The molecule has 92 valence electrons. The third-order valence-electron chi connectivity index (χ3n) is 2.32. The predicted molar refractivity (Wildman–Crippen MR) is 63.0 cm³/mol. The molecule has 0 spiro atoms. The van der Waals surface area contributed by atoms with Crippen molar-refractivity contribution in [1.82, 2.24) is 5.09 Å². The Balaban J connectivity index is 3.34. The lowest BCUT2D eigenvalue weighted by Crippen LogP contribution is -2.14. The van der Waals surface area contributed by atoms with E-state index in [4.69, 9.17) is 9.05 Å². The first kappa shape index (κ1) is 15.1. The van der Waals surface area contributed by atoms with Crippen molar-refractivity contribution in [3.05, 3.63) is 0 Å². The van der Waals surface area contributed by atoms with E-state index in [2.05, 4.69) is 12.0 Å². The zero-order valence-corrected chi connectivity index (χ0v) is 11.0. The van der Waals surface area contributed by atoms with Crippen molar-refractivity contribution in [2.45, 2.75) is 45.4 Å². The number of unbranched alkanes of at least 4 members (excludes halogenated alkanes) is 5. The van der Waals surface area contributed by atoms with Crippen LogP contribution in [0.1, 0.15) is 45.4 Å². The summed E-state index contributed by atoms with van der Waals surface area (Å²) in [4.78, 5) is 0. The summed E-state index contributed by atoms with van der Waals surface area (Å²) < 4.78 is 21.0. The molecule has 1 N–H and O–H groups in total. The topological polar surface area (TPSA) is 47.6 Å². The molecule has 0 saturated carbocycles. The third kappa shape index (κ3) is 7.97. The lowest BCUT2D eigenvalue weighted by Gasteiger charge is -2.14. The fraction of sp³-hybridized carbons (Fsp3) is 1.00. The van der Waals surface area contributed by atoms with Gasteiger partial charge in [-0.3, -0.25) is 0 Å². The van der Waals surface area contributed by atoms with Gasteiger partial charge in [0.25, 0.3) is 0 Å². The van der Waals surface area contributed by atoms with E-state index in [1.54, 1.807) is 0 Å². The molecule has 5 heteroatoms. The molecule has 0 aromatic carbocycles. The molecule has 0 heterocycles. The average molecular weight is 237 g/mol. The number of rotatable bonds is 10. The van der Waals surface area contributed by atoms with Crippen LogP contribution in [-0.2, 0) is 13.6 Å². The molecule has 0 aliphatic heterocycles. The van der Waals surface area contributed by atoms with Gasteiger partial charge in [-0.25, -0.2) is 9.65 Å². The normalized spacial score (nSPS) is 11.9. The van der Waals surface area contributed by atoms with Gasteiger partial charge in [-0.1, -0.05) is 39.0 Å². The highest BCUT2D eigenvalue weighted by Crippen LogP contribution is 2.41. The Labute approximate surface area is 93.3 Å². The van der Waals surface area contributed by atoms with Crippen LogP contribution < -0.4 is 5.09 Å². The molecular weight excluding hydrogens is 213 g/mol. The van der Waals surface area contributed by atoms with Crippen LogP contribution in [0.2, 0.25) is 0 Å². The first-order valence-corrected chi connectivity index (χ1v) is 7.19. The highest BCUT2D eigenvalue weighted by molar-refractivity contribution is 7.51. The zero-order chi connectivity index (χ0) is 11.6. The van der Waals surface area contributed by atoms with Crippen LogP contribution in [0.4, 0.5) is 0 Å². The summed E-state index contributed by atoms with van der Waals surface area (Å²) in [5, 5.41) is 2.80. The number of hydrogen-bond acceptors (Lipinski definition) is 3. The quantitative estimate of drug-likeness (QED) is 0.467. The van der Waals surface area contributed by atoms with Crippen molar-refractivity contribution in [3.8, 4) is 0 Å². The second kappa shape index (κ2) is 9.34. The van der Waals surface area contributed by atoms with Crippen LogP contribution in [0.5, 0.6) is 0 Å². The first-order valence-electron chi connectivity index (χ1n) is 5.65. The Kier molecular flexibility index (Phi) is 9.41. The second-order valence-corrected chi connectivity index (χ2v) is 5.58. The maximum absolute atomic E-state index is 11.5. The Hall–Kier alpha value is 0.110. The van der Waals surface area contributed by atoms with Gasteiger partial charge in [0.05, 0.1) is 0 Å². The largest absolute Gasteiger partial charge is 0.404 e. The SMILES string of the molecule is CCCCCCCCNP(=O)(OC)OC. The van der Waals surface area contributed by atoms with Crippen molar-refractivity contribution in [3.63, 3.8) is 0 Å². The smallest absolute Gasteiger partial charge is 0.300 e. The van der Waals surface area contributed by atoms with Crippen molar-refractivity contribution in [1.29, 1.82) is 0 Å². The van der Waals surface area contributed by atoms with E-state index in [0.717, 1.165) is 6.42 Å². The summed E-state index contributed by atoms with van der Waals surface area (Å²) >= 11 is 0. The standard InChI is InChI=1S/C10H24NO3P/c1-4-5-6-7-8-9-10-11-15(12,13-2)14-3/h4-10H2,1-3H3,(H,11,12). The Morgan fingerprint density at radius 3 is 2.07 bits per heavy atom. The van der Waals surface area contributed by atoms with Crippen LogP contribution in [0.15, 0.2) is 0 Å². The van der Waals surface area contributed by atoms with E-state index < -0.39 is 7.75 Å². The monoisotopic (exact) mass is 237 g/mol. The maximum atomic E-state index is 11.5. The van der Waals surface area contributed by atoms with E-state index in [1.165, 1.54) is 46.3 Å². The van der Waals surface area contributed by atoms with Gasteiger partial charge < -0.3 is 9.05 Å². The summed E-state index contributed by atoms with van der Waals surface area (Å²) in [6.45, 7) is 2.89. The van der Waals surface area contributed by atoms with Crippen molar-refractivity contribution in [2.24, 2.45) is 0 Å². The fourth-order valence-electron chi connectivity index (χ4n) is 1.32. The average Bonchev–Trinajstić information content (AvgIpc) is 2.27. The van der Waals surface area contributed by atoms with Crippen LogP contribution in [0.25, 0.3) is 0 Å². The van der Waals surface area contributed by atoms with Gasteiger partial charge in [-0.2, -0.15) is 0 Å². The van der Waals surface area contributed by atoms with Gasteiger partial charge >= 0.3 is 7.75 Å². The van der Waals surface area contributed by atoms with Crippen molar-refractivity contribution < 1.29 is 13.6 Å². The highest BCUT2D eigenvalue weighted by atomic mass is 31.2. The third-order valence-corrected chi connectivity index (χ3v) is 3.89. The molecule has 0 fully saturated rings. The van der Waals surface area contributed by atoms with E-state index in [1.807, 2.05) is 0 Å². The molecule has 4 nitrogen and oxygen atoms in total. The second-order valence-electron chi connectivity index (χ2n) is 3.54. The summed E-state index contributed by atoms with van der Waals surface area (Å²) in [6.07, 6.45) is 7.30. The van der Waals surface area contributed by atoms with E-state index in [-0.39, 0.29) is 0 Å². The molecule has 0 amide bonds. The minimum absolute atomic E-state index is 0.686. The summed E-state index contributed by atoms with van der Waals surface area (Å²) in [5.41, 5.74) is 0. The highest BCUT2D eigenvalue weighted by Gasteiger charge is 2.18. The van der Waals surface area contributed by atoms with Gasteiger partial charge in [0.2, 0.25) is 0 Å². The Morgan fingerprint density at radius 1 is 1.00 bits per heavy atom. The Morgan fingerprint density at radius 2 is 1.53 bits per heavy atom. The predicted octanol–water partition coefficient (Wildman–Crippen LogP) is 3.34. The first-order chi connectivity index (χ1) is 7.18. The van der Waals surface area contributed by atoms with E-state index >= 15 is 0 Å². The fourth-order valence-corrected chi connectivity index (χ4v) is 2.16. The molecule has 0 atom stereocenters. The van der Waals surface area contributed by atoms with Crippen LogP contribution in [0, 0.1) is 0 Å². The molecule has 0 aromatic rings. The molecule has 0 radical (unpaired) electrons. The van der Waals surface area contributed by atoms with Crippen molar-refractivity contribution >= 4 is 7.75 Å². The molecule has 0 aliphatic rings. The zero-order valence-electron chi connectivity index (χ0n) is 10.1. The van der Waals surface area contributed by atoms with E-state index in [0.29, 0.717) is 6.54 Å². The number of nitrogens with one attached hydrogen (secondary N) is 1. The minimum Gasteiger partial charge on any atom is -0.300 e. The van der Waals surface area contributed by atoms with Gasteiger partial charge in [0.1, 0.15) is 0 Å². The minimum atomic E-state index is -2.99.